The van der Waals surface area contributed by atoms with E-state index < -0.39 is 62.0 Å². The molecule has 1 aromatic heterocycles. The second kappa shape index (κ2) is 7.09. The molecule has 0 bridgehead atoms. The van der Waals surface area contributed by atoms with E-state index >= 15 is 0 Å². The van der Waals surface area contributed by atoms with Gasteiger partial charge < -0.3 is 15.5 Å². The Labute approximate surface area is 159 Å². The lowest BCUT2D eigenvalue weighted by molar-refractivity contribution is -0.276. The van der Waals surface area contributed by atoms with Gasteiger partial charge in [-0.15, -0.1) is 13.2 Å². The van der Waals surface area contributed by atoms with Gasteiger partial charge in [0.1, 0.15) is 29.1 Å². The van der Waals surface area contributed by atoms with E-state index in [9.17, 15) is 36.4 Å². The summed E-state index contributed by atoms with van der Waals surface area (Å²) in [6, 6.07) is 3.94. The van der Waals surface area contributed by atoms with Crippen LogP contribution in [-0.4, -0.2) is 11.3 Å². The molecule has 28 heavy (non-hydrogen) atoms. The highest BCUT2D eigenvalue weighted by molar-refractivity contribution is 9.10. The van der Waals surface area contributed by atoms with Gasteiger partial charge in [-0.3, -0.25) is 4.79 Å². The van der Waals surface area contributed by atoms with Gasteiger partial charge in [0.2, 0.25) is 0 Å². The number of halogens is 7. The summed E-state index contributed by atoms with van der Waals surface area (Å²) >= 11 is 2.56. The number of pyridine rings is 1. The molecule has 0 saturated heterocycles. The van der Waals surface area contributed by atoms with Gasteiger partial charge in [0.15, 0.2) is 5.75 Å². The van der Waals surface area contributed by atoms with Crippen molar-refractivity contribution in [2.24, 2.45) is 0 Å². The van der Waals surface area contributed by atoms with Crippen LogP contribution in [0.5, 0.6) is 5.75 Å². The van der Waals surface area contributed by atoms with Crippen LogP contribution in [-0.2, 0) is 6.18 Å². The number of nitrogens with one attached hydrogen (secondary N) is 1. The molecule has 3 N–H and O–H groups in total. The van der Waals surface area contributed by atoms with Crippen molar-refractivity contribution in [2.45, 2.75) is 12.5 Å². The summed E-state index contributed by atoms with van der Waals surface area (Å²) in [4.78, 5) is 13.9. The molecule has 146 valence electrons. The second-order valence-corrected chi connectivity index (χ2v) is 5.95. The maximum absolute atomic E-state index is 13.3. The summed E-state index contributed by atoms with van der Waals surface area (Å²) < 4.78 is 80.2. The number of alkyl halides is 6. The smallest absolute Gasteiger partial charge is 0.404 e. The first-order chi connectivity index (χ1) is 12.8. The maximum Gasteiger partial charge on any atom is 0.573 e. The summed E-state index contributed by atoms with van der Waals surface area (Å²) in [7, 11) is 0. The molecule has 2 aromatic rings. The van der Waals surface area contributed by atoms with Crippen LogP contribution >= 0.6 is 15.9 Å². The van der Waals surface area contributed by atoms with E-state index in [1.165, 1.54) is 6.07 Å². The average Bonchev–Trinajstić information content (AvgIpc) is 2.53. The Kier molecular flexibility index (Phi) is 5.34. The van der Waals surface area contributed by atoms with Crippen molar-refractivity contribution in [3.05, 3.63) is 43.6 Å². The van der Waals surface area contributed by atoms with Gasteiger partial charge in [0.25, 0.3) is 5.56 Å². The molecular weight excluding hydrogens is 462 g/mol. The molecule has 1 aromatic carbocycles. The summed E-state index contributed by atoms with van der Waals surface area (Å²) in [5.74, 6) is -2.10. The number of nitrogens with zero attached hydrogens (tertiary/aromatic N) is 2. The molecule has 0 unspecified atom stereocenters. The zero-order chi connectivity index (χ0) is 21.4. The number of H-pyrrole nitrogens is 1. The van der Waals surface area contributed by atoms with Crippen LogP contribution < -0.4 is 16.0 Å². The van der Waals surface area contributed by atoms with Gasteiger partial charge in [-0.25, -0.2) is 0 Å². The summed E-state index contributed by atoms with van der Waals surface area (Å²) in [6.07, 6.45) is -10.7. The quantitative estimate of drug-likeness (QED) is 0.647. The van der Waals surface area contributed by atoms with Crippen LogP contribution in [0, 0.1) is 22.7 Å². The van der Waals surface area contributed by atoms with E-state index in [0.717, 1.165) is 6.07 Å². The molecule has 0 amide bonds. The largest absolute Gasteiger partial charge is 0.573 e. The molecule has 0 spiro atoms. The minimum absolute atomic E-state index is 0.224. The van der Waals surface area contributed by atoms with E-state index in [2.05, 4.69) is 20.7 Å². The minimum Gasteiger partial charge on any atom is -0.404 e. The van der Waals surface area contributed by atoms with Crippen molar-refractivity contribution >= 4 is 21.7 Å². The third-order valence-corrected chi connectivity index (χ3v) is 3.91. The minimum atomic E-state index is -5.42. The fourth-order valence-electron chi connectivity index (χ4n) is 2.30. The van der Waals surface area contributed by atoms with Crippen molar-refractivity contribution < 1.29 is 31.1 Å². The molecule has 0 fully saturated rings. The molecule has 0 radical (unpaired) electrons. The number of benzene rings is 1. The monoisotopic (exact) mass is 466 g/mol. The van der Waals surface area contributed by atoms with E-state index in [0.29, 0.717) is 0 Å². The van der Waals surface area contributed by atoms with Crippen LogP contribution in [0.3, 0.4) is 0 Å². The highest BCUT2D eigenvalue weighted by Gasteiger charge is 2.41. The fraction of sp³-hybridized carbons (Fsp3) is 0.133. The Morgan fingerprint density at radius 1 is 1.07 bits per heavy atom. The van der Waals surface area contributed by atoms with Crippen LogP contribution in [0.4, 0.5) is 32.2 Å². The van der Waals surface area contributed by atoms with Crippen molar-refractivity contribution in [1.29, 1.82) is 10.5 Å². The number of nitrogen functional groups attached to an aromatic ring is 1. The highest BCUT2D eigenvalue weighted by Crippen LogP contribution is 2.45. The van der Waals surface area contributed by atoms with Gasteiger partial charge in [0.05, 0.1) is 10.0 Å². The Balaban J connectivity index is 2.95. The summed E-state index contributed by atoms with van der Waals surface area (Å²) in [5, 5.41) is 18.4. The number of nitriles is 2. The molecule has 6 nitrogen and oxygen atoms in total. The molecule has 0 atom stereocenters. The average molecular weight is 467 g/mol. The zero-order valence-electron chi connectivity index (χ0n) is 13.1. The number of hydrogen-bond donors (Lipinski definition) is 2. The predicted molar refractivity (Wildman–Crippen MR) is 85.7 cm³/mol. The first-order valence-corrected chi connectivity index (χ1v) is 7.62. The van der Waals surface area contributed by atoms with E-state index in [4.69, 9.17) is 11.0 Å². The van der Waals surface area contributed by atoms with Gasteiger partial charge in [0, 0.05) is 5.56 Å². The standard InChI is InChI=1S/C15H5BrF6N4O2/c16-9-2-5(1-8(14(17,18)19)11(9)28-15(20,21)22)10-6(3-23)12(25)26-13(27)7(10)4-24/h1-2H,(H3,25,26,27). The number of aromatic amines is 1. The van der Waals surface area contributed by atoms with Crippen LogP contribution in [0.25, 0.3) is 11.1 Å². The predicted octanol–water partition coefficient (Wildman–Crippen LogP) is 4.05. The van der Waals surface area contributed by atoms with Crippen LogP contribution in [0.15, 0.2) is 21.4 Å². The number of anilines is 1. The van der Waals surface area contributed by atoms with Gasteiger partial charge in [-0.05, 0) is 33.6 Å². The Hall–Kier alpha value is -3.19. The van der Waals surface area contributed by atoms with Crippen molar-refractivity contribution in [2.75, 3.05) is 5.73 Å². The fourth-order valence-corrected chi connectivity index (χ4v) is 2.84. The number of rotatable bonds is 2. The van der Waals surface area contributed by atoms with E-state index in [1.54, 1.807) is 6.07 Å². The number of hydrogen-bond acceptors (Lipinski definition) is 5. The summed E-state index contributed by atoms with van der Waals surface area (Å²) in [6.45, 7) is 0. The third kappa shape index (κ3) is 4.04. The lowest BCUT2D eigenvalue weighted by Gasteiger charge is -2.19. The lowest BCUT2D eigenvalue weighted by atomic mass is 9.95. The Morgan fingerprint density at radius 2 is 1.64 bits per heavy atom. The Bertz CT molecular complexity index is 1090. The maximum atomic E-state index is 13.3. The molecule has 0 aliphatic rings. The SMILES string of the molecule is N#Cc1c(N)[nH]c(=O)c(C#N)c1-c1cc(Br)c(OC(F)(F)F)c(C(F)(F)F)c1. The molecule has 1 heterocycles. The van der Waals surface area contributed by atoms with Crippen LogP contribution in [0.1, 0.15) is 16.7 Å². The third-order valence-electron chi connectivity index (χ3n) is 3.32. The topological polar surface area (TPSA) is 116 Å². The first-order valence-electron chi connectivity index (χ1n) is 6.83. The Morgan fingerprint density at radius 3 is 2.11 bits per heavy atom. The van der Waals surface area contributed by atoms with E-state index in [1.807, 2.05) is 4.98 Å². The van der Waals surface area contributed by atoms with Crippen molar-refractivity contribution in [3.8, 4) is 29.0 Å². The zero-order valence-corrected chi connectivity index (χ0v) is 14.7. The summed E-state index contributed by atoms with van der Waals surface area (Å²) in [5.41, 5.74) is 0.170. The number of ether oxygens (including phenoxy) is 1. The van der Waals surface area contributed by atoms with Gasteiger partial charge >= 0.3 is 12.5 Å². The molecule has 0 aliphatic heterocycles. The highest BCUT2D eigenvalue weighted by atomic mass is 79.9. The molecular formula is C15H5BrF6N4O2. The number of aromatic nitrogens is 1. The number of nitrogens with two attached hydrogens (primary N) is 1. The normalized spacial score (nSPS) is 11.6. The molecule has 2 rings (SSSR count). The van der Waals surface area contributed by atoms with Crippen molar-refractivity contribution in [1.82, 2.24) is 4.98 Å². The van der Waals surface area contributed by atoms with Gasteiger partial charge in [-0.1, -0.05) is 0 Å². The van der Waals surface area contributed by atoms with Crippen molar-refractivity contribution in [3.63, 3.8) is 0 Å². The van der Waals surface area contributed by atoms with Gasteiger partial charge in [-0.2, -0.15) is 23.7 Å². The molecule has 13 heteroatoms. The lowest BCUT2D eigenvalue weighted by Crippen LogP contribution is -2.21. The molecule has 0 aliphatic carbocycles. The molecule has 0 saturated carbocycles. The van der Waals surface area contributed by atoms with E-state index in [-0.39, 0.29) is 6.07 Å². The second-order valence-electron chi connectivity index (χ2n) is 5.10. The first kappa shape index (κ1) is 21.1. The van der Waals surface area contributed by atoms with Crippen LogP contribution in [0.2, 0.25) is 0 Å².